The minimum atomic E-state index is -0.701. The SMILES string of the molecule is CCOC(=O)c1c(F)cccc1[B]OC(C)(C)C(C)(C)S. The quantitative estimate of drug-likeness (QED) is 0.498. The normalized spacial score (nSPS) is 12.1. The number of carbonyl (C=O) groups is 1. The van der Waals surface area contributed by atoms with Gasteiger partial charge in [-0.25, -0.2) is 9.18 Å². The number of ether oxygens (including phenoxy) is 1. The molecule has 0 amide bonds. The summed E-state index contributed by atoms with van der Waals surface area (Å²) in [5.74, 6) is -1.33. The maximum atomic E-state index is 13.9. The fourth-order valence-electron chi connectivity index (χ4n) is 1.41. The molecule has 1 aromatic rings. The molecule has 0 aliphatic heterocycles. The Bertz CT molecular complexity index is 512. The number of esters is 1. The average Bonchev–Trinajstić information content (AvgIpc) is 2.35. The monoisotopic (exact) mass is 311 g/mol. The molecule has 115 valence electrons. The highest BCUT2D eigenvalue weighted by Gasteiger charge is 2.35. The van der Waals surface area contributed by atoms with Crippen molar-refractivity contribution in [1.29, 1.82) is 0 Å². The van der Waals surface area contributed by atoms with E-state index in [2.05, 4.69) is 12.6 Å². The Morgan fingerprint density at radius 3 is 2.48 bits per heavy atom. The third-order valence-corrected chi connectivity index (χ3v) is 4.02. The summed E-state index contributed by atoms with van der Waals surface area (Å²) in [6, 6.07) is 4.35. The van der Waals surface area contributed by atoms with Crippen molar-refractivity contribution >= 4 is 31.5 Å². The van der Waals surface area contributed by atoms with Crippen molar-refractivity contribution in [2.24, 2.45) is 0 Å². The lowest BCUT2D eigenvalue weighted by molar-refractivity contribution is 0.0521. The number of hydrogen-bond donors (Lipinski definition) is 1. The van der Waals surface area contributed by atoms with E-state index in [0.29, 0.717) is 5.46 Å². The second-order valence-corrected chi connectivity index (χ2v) is 6.85. The summed E-state index contributed by atoms with van der Waals surface area (Å²) in [4.78, 5) is 11.9. The average molecular weight is 311 g/mol. The van der Waals surface area contributed by atoms with E-state index in [1.165, 1.54) is 19.6 Å². The summed E-state index contributed by atoms with van der Waals surface area (Å²) in [6.45, 7) is 9.44. The Balaban J connectivity index is 3.00. The molecular formula is C15H21BFO3S. The molecule has 0 bridgehead atoms. The van der Waals surface area contributed by atoms with Crippen molar-refractivity contribution in [3.8, 4) is 0 Å². The van der Waals surface area contributed by atoms with Gasteiger partial charge < -0.3 is 9.39 Å². The minimum absolute atomic E-state index is 0.118. The highest BCUT2D eigenvalue weighted by atomic mass is 32.1. The number of hydrogen-bond acceptors (Lipinski definition) is 4. The van der Waals surface area contributed by atoms with Crippen LogP contribution < -0.4 is 5.46 Å². The maximum absolute atomic E-state index is 13.9. The largest absolute Gasteiger partial charge is 0.462 e. The molecule has 1 rings (SSSR count). The Labute approximate surface area is 131 Å². The zero-order valence-electron chi connectivity index (χ0n) is 13.1. The van der Waals surface area contributed by atoms with Gasteiger partial charge in [-0.05, 0) is 46.1 Å². The lowest BCUT2D eigenvalue weighted by Crippen LogP contribution is -2.46. The first kappa shape index (κ1) is 18.0. The van der Waals surface area contributed by atoms with Crippen LogP contribution in [0, 0.1) is 5.82 Å². The molecule has 0 saturated carbocycles. The van der Waals surface area contributed by atoms with E-state index >= 15 is 0 Å². The number of carbonyl (C=O) groups excluding carboxylic acids is 1. The van der Waals surface area contributed by atoms with Gasteiger partial charge in [0.25, 0.3) is 0 Å². The molecule has 0 atom stereocenters. The van der Waals surface area contributed by atoms with Crippen LogP contribution in [-0.2, 0) is 9.39 Å². The first-order chi connectivity index (χ1) is 9.60. The lowest BCUT2D eigenvalue weighted by Gasteiger charge is -2.38. The fourth-order valence-corrected chi connectivity index (χ4v) is 1.47. The Morgan fingerprint density at radius 1 is 1.33 bits per heavy atom. The number of halogens is 1. The van der Waals surface area contributed by atoms with Gasteiger partial charge in [-0.15, -0.1) is 0 Å². The van der Waals surface area contributed by atoms with Gasteiger partial charge in [-0.3, -0.25) is 0 Å². The highest BCUT2D eigenvalue weighted by molar-refractivity contribution is 7.81. The molecule has 1 aromatic carbocycles. The van der Waals surface area contributed by atoms with Crippen LogP contribution in [0.4, 0.5) is 4.39 Å². The molecule has 0 spiro atoms. The van der Waals surface area contributed by atoms with E-state index in [1.807, 2.05) is 27.7 Å². The van der Waals surface area contributed by atoms with Crippen LogP contribution in [0.3, 0.4) is 0 Å². The smallest absolute Gasteiger partial charge is 0.340 e. The first-order valence-electron chi connectivity index (χ1n) is 6.79. The summed E-state index contributed by atoms with van der Waals surface area (Å²) in [6.07, 6.45) is 0. The standard InChI is InChI=1S/C15H21BFO3S/c1-6-19-13(18)12-10(8-7-9-11(12)17)16-20-14(2,3)15(4,5)21/h7-9,21H,6H2,1-5H3. The van der Waals surface area contributed by atoms with E-state index in [1.54, 1.807) is 13.0 Å². The molecule has 0 aromatic heterocycles. The Kier molecular flexibility index (Phi) is 5.87. The van der Waals surface area contributed by atoms with E-state index < -0.39 is 22.1 Å². The lowest BCUT2D eigenvalue weighted by atomic mass is 9.81. The number of rotatable bonds is 6. The minimum Gasteiger partial charge on any atom is -0.462 e. The van der Waals surface area contributed by atoms with Gasteiger partial charge in [0.1, 0.15) is 5.82 Å². The van der Waals surface area contributed by atoms with Crippen LogP contribution in [0.1, 0.15) is 45.0 Å². The van der Waals surface area contributed by atoms with Crippen LogP contribution in [-0.4, -0.2) is 30.4 Å². The van der Waals surface area contributed by atoms with Crippen molar-refractivity contribution in [1.82, 2.24) is 0 Å². The highest BCUT2D eigenvalue weighted by Crippen LogP contribution is 2.30. The van der Waals surface area contributed by atoms with Crippen LogP contribution in [0.5, 0.6) is 0 Å². The molecule has 21 heavy (non-hydrogen) atoms. The zero-order chi connectivity index (χ0) is 16.3. The van der Waals surface area contributed by atoms with Gasteiger partial charge in [-0.2, -0.15) is 12.6 Å². The molecule has 0 unspecified atom stereocenters. The number of benzene rings is 1. The fraction of sp³-hybridized carbons (Fsp3) is 0.533. The van der Waals surface area contributed by atoms with E-state index in [9.17, 15) is 9.18 Å². The van der Waals surface area contributed by atoms with Gasteiger partial charge in [0.15, 0.2) is 0 Å². The molecule has 0 aliphatic rings. The maximum Gasteiger partial charge on any atom is 0.340 e. The molecule has 0 aliphatic carbocycles. The van der Waals surface area contributed by atoms with Gasteiger partial charge in [-0.1, -0.05) is 12.1 Å². The van der Waals surface area contributed by atoms with Crippen LogP contribution in [0.2, 0.25) is 0 Å². The molecule has 0 saturated heterocycles. The Morgan fingerprint density at radius 2 is 1.95 bits per heavy atom. The van der Waals surface area contributed by atoms with Crippen LogP contribution >= 0.6 is 12.6 Å². The van der Waals surface area contributed by atoms with Crippen molar-refractivity contribution < 1.29 is 18.6 Å². The predicted molar refractivity (Wildman–Crippen MR) is 86.0 cm³/mol. The van der Waals surface area contributed by atoms with Crippen molar-refractivity contribution in [3.63, 3.8) is 0 Å². The van der Waals surface area contributed by atoms with E-state index in [0.717, 1.165) is 0 Å². The van der Waals surface area contributed by atoms with Crippen molar-refractivity contribution in [3.05, 3.63) is 29.6 Å². The molecule has 1 radical (unpaired) electrons. The second-order valence-electron chi connectivity index (χ2n) is 5.73. The van der Waals surface area contributed by atoms with Crippen LogP contribution in [0.25, 0.3) is 0 Å². The van der Waals surface area contributed by atoms with E-state index in [-0.39, 0.29) is 12.2 Å². The molecule has 3 nitrogen and oxygen atoms in total. The first-order valence-corrected chi connectivity index (χ1v) is 7.24. The summed E-state index contributed by atoms with van der Waals surface area (Å²) in [5, 5.41) is 0. The molecule has 0 N–H and O–H groups in total. The summed E-state index contributed by atoms with van der Waals surface area (Å²) < 4.78 is 24.1. The van der Waals surface area contributed by atoms with Crippen LogP contribution in [0.15, 0.2) is 18.2 Å². The Hall–Kier alpha value is -1.01. The van der Waals surface area contributed by atoms with E-state index in [4.69, 9.17) is 9.39 Å². The summed E-state index contributed by atoms with van der Waals surface area (Å²) in [7, 11) is 1.38. The summed E-state index contributed by atoms with van der Waals surface area (Å²) >= 11 is 4.49. The van der Waals surface area contributed by atoms with Crippen molar-refractivity contribution in [2.45, 2.75) is 45.0 Å². The summed E-state index contributed by atoms with van der Waals surface area (Å²) in [5.41, 5.74) is -0.375. The molecular weight excluding hydrogens is 290 g/mol. The number of thiol groups is 1. The third kappa shape index (κ3) is 4.48. The van der Waals surface area contributed by atoms with Gasteiger partial charge in [0.05, 0.1) is 17.8 Å². The third-order valence-electron chi connectivity index (χ3n) is 3.48. The molecule has 0 heterocycles. The second kappa shape index (κ2) is 6.84. The van der Waals surface area contributed by atoms with Gasteiger partial charge in [0, 0.05) is 4.75 Å². The molecule has 6 heteroatoms. The topological polar surface area (TPSA) is 35.5 Å². The van der Waals surface area contributed by atoms with Crippen molar-refractivity contribution in [2.75, 3.05) is 6.61 Å². The van der Waals surface area contributed by atoms with Gasteiger partial charge in [0.2, 0.25) is 0 Å². The molecule has 0 fully saturated rings. The van der Waals surface area contributed by atoms with Gasteiger partial charge >= 0.3 is 13.5 Å². The predicted octanol–water partition coefficient (Wildman–Crippen LogP) is 2.75. The zero-order valence-corrected chi connectivity index (χ0v) is 14.0.